The molecule has 328 valence electrons. The molecule has 0 amide bonds. The van der Waals surface area contributed by atoms with Crippen molar-refractivity contribution >= 4 is 11.9 Å². The highest BCUT2D eigenvalue weighted by Crippen LogP contribution is 2.43. The van der Waals surface area contributed by atoms with Crippen LogP contribution in [0.5, 0.6) is 0 Å². The van der Waals surface area contributed by atoms with Crippen LogP contribution in [0.4, 0.5) is 0 Å². The zero-order chi connectivity index (χ0) is 40.3. The van der Waals surface area contributed by atoms with E-state index in [1.807, 2.05) is 0 Å². The van der Waals surface area contributed by atoms with Crippen LogP contribution < -0.4 is 5.32 Å². The molecule has 2 heterocycles. The van der Waals surface area contributed by atoms with Crippen LogP contribution in [-0.4, -0.2) is 60.8 Å². The van der Waals surface area contributed by atoms with Gasteiger partial charge < -0.3 is 19.7 Å². The van der Waals surface area contributed by atoms with E-state index in [1.54, 1.807) is 0 Å². The third-order valence-corrected chi connectivity index (χ3v) is 14.3. The van der Waals surface area contributed by atoms with Crippen molar-refractivity contribution in [1.29, 1.82) is 0 Å². The molecule has 6 unspecified atom stereocenters. The summed E-state index contributed by atoms with van der Waals surface area (Å²) in [5.41, 5.74) is -0.626. The Morgan fingerprint density at radius 3 is 1.43 bits per heavy atom. The first kappa shape index (κ1) is 49.2. The first-order valence-corrected chi connectivity index (χ1v) is 25.0. The summed E-state index contributed by atoms with van der Waals surface area (Å²) >= 11 is 0. The van der Waals surface area contributed by atoms with Crippen molar-refractivity contribution in [3.63, 3.8) is 0 Å². The second-order valence-corrected chi connectivity index (χ2v) is 19.6. The van der Waals surface area contributed by atoms with Gasteiger partial charge in [-0.1, -0.05) is 187 Å². The van der Waals surface area contributed by atoms with Gasteiger partial charge in [-0.25, -0.2) is 0 Å². The van der Waals surface area contributed by atoms with Gasteiger partial charge >= 0.3 is 11.9 Å². The topological polar surface area (TPSA) is 67.9 Å². The van der Waals surface area contributed by atoms with Crippen molar-refractivity contribution in [1.82, 2.24) is 10.2 Å². The van der Waals surface area contributed by atoms with E-state index < -0.39 is 0 Å². The fraction of sp³-hybridized carbons (Fsp3) is 0.960. The van der Waals surface area contributed by atoms with Gasteiger partial charge in [0.15, 0.2) is 0 Å². The van der Waals surface area contributed by atoms with Gasteiger partial charge in [-0.15, -0.1) is 0 Å². The summed E-state index contributed by atoms with van der Waals surface area (Å²) in [5, 5.41) is 3.52. The third-order valence-electron chi connectivity index (χ3n) is 14.3. The van der Waals surface area contributed by atoms with Gasteiger partial charge in [0.05, 0.1) is 0 Å². The van der Waals surface area contributed by atoms with Crippen LogP contribution in [0, 0.1) is 17.8 Å². The second-order valence-electron chi connectivity index (χ2n) is 19.6. The standard InChI is InChI=1S/C50H94N2O4/c1-6-8-10-12-13-14-15-16-17-18-19-20-23-27-32-36-48(54)56-50(4)42-52(5)38-37-46(50)43(33-29-25-11-9-7-2)34-30-26-22-21-24-28-31-35-47(53)55-49(3)40-45-39-44(49)41-51-45/h43-46,51H,6-42H2,1-5H3. The molecule has 2 aliphatic heterocycles. The summed E-state index contributed by atoms with van der Waals surface area (Å²) in [6, 6.07) is 0.545. The minimum Gasteiger partial charge on any atom is -0.459 e. The Hall–Kier alpha value is -1.14. The van der Waals surface area contributed by atoms with E-state index >= 15 is 0 Å². The number of unbranched alkanes of at least 4 members (excludes halogenated alkanes) is 24. The quantitative estimate of drug-likeness (QED) is 0.0510. The second kappa shape index (κ2) is 29.1. The van der Waals surface area contributed by atoms with Crippen molar-refractivity contribution in [2.45, 2.75) is 263 Å². The number of rotatable bonds is 35. The van der Waals surface area contributed by atoms with Gasteiger partial charge in [-0.2, -0.15) is 0 Å². The molecule has 2 saturated heterocycles. The SMILES string of the molecule is CCCCCCCCCCCCCCCCCC(=O)OC1(C)CN(C)CCC1C(CCCCCCC)CCCCCCCCCC(=O)OC1(C)CC2CC1CN2. The predicted molar refractivity (Wildman–Crippen MR) is 237 cm³/mol. The Morgan fingerprint density at radius 2 is 1.02 bits per heavy atom. The minimum atomic E-state index is -0.388. The van der Waals surface area contributed by atoms with Gasteiger partial charge in [0.25, 0.3) is 0 Å². The minimum absolute atomic E-state index is 0.0115. The first-order valence-electron chi connectivity index (χ1n) is 25.0. The molecule has 0 spiro atoms. The summed E-state index contributed by atoms with van der Waals surface area (Å²) in [5.74, 6) is 1.63. The van der Waals surface area contributed by atoms with Crippen LogP contribution in [0.1, 0.15) is 246 Å². The first-order chi connectivity index (χ1) is 27.2. The highest BCUT2D eigenvalue weighted by atomic mass is 16.6. The molecule has 3 fully saturated rings. The Morgan fingerprint density at radius 1 is 0.607 bits per heavy atom. The Balaban J connectivity index is 1.30. The number of likely N-dealkylation sites (tertiary alicyclic amines) is 1. The maximum Gasteiger partial charge on any atom is 0.306 e. The monoisotopic (exact) mass is 787 g/mol. The highest BCUT2D eigenvalue weighted by molar-refractivity contribution is 5.70. The summed E-state index contributed by atoms with van der Waals surface area (Å²) in [6.07, 6.45) is 42.0. The van der Waals surface area contributed by atoms with E-state index in [1.165, 1.54) is 161 Å². The summed E-state index contributed by atoms with van der Waals surface area (Å²) in [7, 11) is 2.20. The van der Waals surface area contributed by atoms with Gasteiger partial charge in [0, 0.05) is 50.2 Å². The number of carbonyl (C=O) groups is 2. The number of nitrogens with zero attached hydrogens (tertiary/aromatic N) is 1. The fourth-order valence-electron chi connectivity index (χ4n) is 10.8. The molecule has 56 heavy (non-hydrogen) atoms. The normalized spacial score (nSPS) is 25.5. The average molecular weight is 787 g/mol. The number of ether oxygens (including phenoxy) is 2. The van der Waals surface area contributed by atoms with Crippen molar-refractivity contribution in [3.8, 4) is 0 Å². The summed E-state index contributed by atoms with van der Waals surface area (Å²) < 4.78 is 12.5. The molecule has 1 N–H and O–H groups in total. The van der Waals surface area contributed by atoms with Gasteiger partial charge in [-0.05, 0) is 59.0 Å². The van der Waals surface area contributed by atoms with Crippen molar-refractivity contribution in [2.24, 2.45) is 17.8 Å². The lowest BCUT2D eigenvalue weighted by atomic mass is 9.70. The molecule has 0 aromatic carbocycles. The number of hydrogen-bond donors (Lipinski definition) is 1. The van der Waals surface area contributed by atoms with E-state index in [0.29, 0.717) is 36.6 Å². The van der Waals surface area contributed by atoms with E-state index in [0.717, 1.165) is 64.6 Å². The van der Waals surface area contributed by atoms with Crippen LogP contribution in [0.25, 0.3) is 0 Å². The number of carbonyl (C=O) groups excluding carboxylic acids is 2. The molecular formula is C50H94N2O4. The van der Waals surface area contributed by atoms with Crippen LogP contribution in [0.2, 0.25) is 0 Å². The maximum absolute atomic E-state index is 13.4. The third kappa shape index (κ3) is 19.7. The van der Waals surface area contributed by atoms with Crippen LogP contribution in [-0.2, 0) is 19.1 Å². The molecule has 0 aromatic heterocycles. The summed E-state index contributed by atoms with van der Waals surface area (Å²) in [6.45, 7) is 12.0. The Kier molecular flexibility index (Phi) is 25.6. The van der Waals surface area contributed by atoms with E-state index in [9.17, 15) is 9.59 Å². The molecule has 1 saturated carbocycles. The molecule has 3 rings (SSSR count). The molecule has 0 radical (unpaired) electrons. The van der Waals surface area contributed by atoms with Crippen LogP contribution >= 0.6 is 0 Å². The molecule has 6 atom stereocenters. The van der Waals surface area contributed by atoms with Crippen molar-refractivity contribution in [3.05, 3.63) is 0 Å². The van der Waals surface area contributed by atoms with E-state index in [2.05, 4.69) is 45.0 Å². The molecule has 1 aliphatic carbocycles. The molecule has 0 aromatic rings. The van der Waals surface area contributed by atoms with E-state index in [4.69, 9.17) is 9.47 Å². The van der Waals surface area contributed by atoms with E-state index in [-0.39, 0.29) is 23.1 Å². The number of fused-ring (bicyclic) bond motifs is 2. The van der Waals surface area contributed by atoms with Gasteiger partial charge in [0.1, 0.15) is 11.2 Å². The maximum atomic E-state index is 13.4. The molecular weight excluding hydrogens is 693 g/mol. The molecule has 6 heteroatoms. The lowest BCUT2D eigenvalue weighted by Gasteiger charge is -2.48. The zero-order valence-electron chi connectivity index (χ0n) is 38.1. The molecule has 2 bridgehead atoms. The molecule has 6 nitrogen and oxygen atoms in total. The predicted octanol–water partition coefficient (Wildman–Crippen LogP) is 13.7. The number of hydrogen-bond acceptors (Lipinski definition) is 6. The van der Waals surface area contributed by atoms with Gasteiger partial charge in [-0.3, -0.25) is 9.59 Å². The fourth-order valence-corrected chi connectivity index (χ4v) is 10.8. The number of likely N-dealkylation sites (N-methyl/N-ethyl adjacent to an activating group) is 1. The zero-order valence-corrected chi connectivity index (χ0v) is 38.1. The lowest BCUT2D eigenvalue weighted by Crippen LogP contribution is -2.55. The van der Waals surface area contributed by atoms with Crippen LogP contribution in [0.15, 0.2) is 0 Å². The number of piperidine rings is 2. The average Bonchev–Trinajstić information content (AvgIpc) is 3.75. The van der Waals surface area contributed by atoms with Gasteiger partial charge in [0.2, 0.25) is 0 Å². The largest absolute Gasteiger partial charge is 0.459 e. The number of esters is 2. The van der Waals surface area contributed by atoms with Crippen molar-refractivity contribution in [2.75, 3.05) is 26.7 Å². The molecule has 3 aliphatic rings. The smallest absolute Gasteiger partial charge is 0.306 e. The Labute approximate surface area is 347 Å². The lowest BCUT2D eigenvalue weighted by molar-refractivity contribution is -0.175. The highest BCUT2D eigenvalue weighted by Gasteiger charge is 2.50. The Bertz CT molecular complexity index is 1020. The van der Waals surface area contributed by atoms with Crippen LogP contribution in [0.3, 0.4) is 0 Å². The van der Waals surface area contributed by atoms with Crippen molar-refractivity contribution < 1.29 is 19.1 Å². The summed E-state index contributed by atoms with van der Waals surface area (Å²) in [4.78, 5) is 28.3. The number of nitrogens with one attached hydrogen (secondary N) is 1.